The number of aliphatic hydroxyl groups excluding tert-OH is 1. The molecular formula is C9H11N3OS. The highest BCUT2D eigenvalue weighted by Crippen LogP contribution is 2.07. The third kappa shape index (κ3) is 2.18. The fraction of sp³-hybridized carbons (Fsp3) is 0.333. The van der Waals surface area contributed by atoms with Crippen LogP contribution in [0.15, 0.2) is 23.0 Å². The third-order valence-corrected chi connectivity index (χ3v) is 2.61. The van der Waals surface area contributed by atoms with Gasteiger partial charge in [-0.3, -0.25) is 0 Å². The predicted molar refractivity (Wildman–Crippen MR) is 54.2 cm³/mol. The van der Waals surface area contributed by atoms with Crippen LogP contribution in [0.5, 0.6) is 0 Å². The van der Waals surface area contributed by atoms with Crippen molar-refractivity contribution in [3.05, 3.63) is 34.3 Å². The van der Waals surface area contributed by atoms with Crippen LogP contribution in [0.25, 0.3) is 0 Å². The van der Waals surface area contributed by atoms with Crippen LogP contribution >= 0.6 is 11.3 Å². The first-order chi connectivity index (χ1) is 6.88. The van der Waals surface area contributed by atoms with E-state index in [-0.39, 0.29) is 6.61 Å². The van der Waals surface area contributed by atoms with E-state index in [9.17, 15) is 0 Å². The van der Waals surface area contributed by atoms with E-state index >= 15 is 0 Å². The first-order valence-corrected chi connectivity index (χ1v) is 5.33. The average Bonchev–Trinajstić information content (AvgIpc) is 2.79. The summed E-state index contributed by atoms with van der Waals surface area (Å²) >= 11 is 1.67. The van der Waals surface area contributed by atoms with Gasteiger partial charge in [0.2, 0.25) is 0 Å². The van der Waals surface area contributed by atoms with Gasteiger partial charge in [-0.2, -0.15) is 11.3 Å². The van der Waals surface area contributed by atoms with Crippen molar-refractivity contribution in [2.24, 2.45) is 0 Å². The van der Waals surface area contributed by atoms with Crippen LogP contribution in [0.3, 0.4) is 0 Å². The Bertz CT molecular complexity index is 382. The van der Waals surface area contributed by atoms with Crippen molar-refractivity contribution >= 4 is 11.3 Å². The minimum absolute atomic E-state index is 0.122. The van der Waals surface area contributed by atoms with Gasteiger partial charge in [-0.05, 0) is 22.4 Å². The van der Waals surface area contributed by atoms with Crippen molar-refractivity contribution in [3.63, 3.8) is 0 Å². The van der Waals surface area contributed by atoms with Crippen LogP contribution in [0.1, 0.15) is 11.3 Å². The highest BCUT2D eigenvalue weighted by Gasteiger charge is 2.00. The summed E-state index contributed by atoms with van der Waals surface area (Å²) in [5.41, 5.74) is 2.07. The molecule has 0 aromatic carbocycles. The molecule has 5 heteroatoms. The second kappa shape index (κ2) is 4.34. The Morgan fingerprint density at radius 1 is 1.50 bits per heavy atom. The summed E-state index contributed by atoms with van der Waals surface area (Å²) in [7, 11) is 0. The molecule has 0 spiro atoms. The second-order valence-electron chi connectivity index (χ2n) is 3.01. The van der Waals surface area contributed by atoms with Crippen molar-refractivity contribution in [1.29, 1.82) is 0 Å². The zero-order chi connectivity index (χ0) is 9.80. The van der Waals surface area contributed by atoms with Crippen molar-refractivity contribution < 1.29 is 5.11 Å². The molecule has 74 valence electrons. The van der Waals surface area contributed by atoms with Crippen LogP contribution in [-0.2, 0) is 13.0 Å². The van der Waals surface area contributed by atoms with E-state index in [4.69, 9.17) is 5.11 Å². The zero-order valence-electron chi connectivity index (χ0n) is 7.63. The lowest BCUT2D eigenvalue weighted by molar-refractivity contribution is 0.298. The molecule has 0 saturated carbocycles. The lowest BCUT2D eigenvalue weighted by Gasteiger charge is -1.95. The minimum Gasteiger partial charge on any atom is -0.396 e. The normalized spacial score (nSPS) is 10.6. The zero-order valence-corrected chi connectivity index (χ0v) is 8.44. The average molecular weight is 209 g/mol. The molecular weight excluding hydrogens is 198 g/mol. The van der Waals surface area contributed by atoms with Gasteiger partial charge >= 0.3 is 0 Å². The Labute approximate surface area is 85.8 Å². The Morgan fingerprint density at radius 3 is 3.14 bits per heavy atom. The Kier molecular flexibility index (Phi) is 2.90. The summed E-state index contributed by atoms with van der Waals surface area (Å²) in [5, 5.41) is 20.8. The molecule has 4 nitrogen and oxygen atoms in total. The predicted octanol–water partition coefficient (Wildman–Crippen LogP) is 0.923. The Balaban J connectivity index is 2.03. The highest BCUT2D eigenvalue weighted by atomic mass is 32.1. The largest absolute Gasteiger partial charge is 0.396 e. The summed E-state index contributed by atoms with van der Waals surface area (Å²) in [6, 6.07) is 2.07. The summed E-state index contributed by atoms with van der Waals surface area (Å²) in [4.78, 5) is 0. The van der Waals surface area contributed by atoms with Crippen molar-refractivity contribution in [3.8, 4) is 0 Å². The van der Waals surface area contributed by atoms with Crippen molar-refractivity contribution in [1.82, 2.24) is 15.0 Å². The molecule has 0 amide bonds. The number of rotatable bonds is 4. The van der Waals surface area contributed by atoms with E-state index in [1.54, 1.807) is 16.0 Å². The van der Waals surface area contributed by atoms with Gasteiger partial charge in [-0.1, -0.05) is 5.21 Å². The molecule has 0 radical (unpaired) electrons. The topological polar surface area (TPSA) is 50.9 Å². The molecule has 0 bridgehead atoms. The maximum absolute atomic E-state index is 8.71. The summed E-state index contributed by atoms with van der Waals surface area (Å²) in [6.45, 7) is 0.874. The number of hydrogen-bond donors (Lipinski definition) is 1. The molecule has 2 aromatic rings. The maximum Gasteiger partial charge on any atom is 0.0850 e. The number of aliphatic hydroxyl groups is 1. The lowest BCUT2D eigenvalue weighted by atomic mass is 10.3. The molecule has 2 aromatic heterocycles. The number of aromatic nitrogens is 3. The lowest BCUT2D eigenvalue weighted by Crippen LogP contribution is -1.98. The molecule has 0 saturated heterocycles. The summed E-state index contributed by atoms with van der Waals surface area (Å²) < 4.78 is 1.78. The van der Waals surface area contributed by atoms with Gasteiger partial charge in [0.15, 0.2) is 0 Å². The van der Waals surface area contributed by atoms with E-state index in [1.165, 1.54) is 5.56 Å². The number of thiophene rings is 1. The van der Waals surface area contributed by atoms with Gasteiger partial charge in [0, 0.05) is 19.2 Å². The smallest absolute Gasteiger partial charge is 0.0850 e. The SMILES string of the molecule is OCCc1cn(Cc2ccsc2)nn1. The van der Waals surface area contributed by atoms with Crippen molar-refractivity contribution in [2.75, 3.05) is 6.61 Å². The number of hydrogen-bond acceptors (Lipinski definition) is 4. The fourth-order valence-corrected chi connectivity index (χ4v) is 1.87. The quantitative estimate of drug-likeness (QED) is 0.814. The van der Waals surface area contributed by atoms with Gasteiger partial charge in [-0.15, -0.1) is 5.10 Å². The maximum atomic E-state index is 8.71. The molecule has 1 N–H and O–H groups in total. The number of nitrogens with zero attached hydrogens (tertiary/aromatic N) is 3. The minimum atomic E-state index is 0.122. The second-order valence-corrected chi connectivity index (χ2v) is 3.79. The molecule has 0 aliphatic carbocycles. The Morgan fingerprint density at radius 2 is 2.43 bits per heavy atom. The fourth-order valence-electron chi connectivity index (χ4n) is 1.21. The van der Waals surface area contributed by atoms with E-state index in [0.717, 1.165) is 12.2 Å². The molecule has 14 heavy (non-hydrogen) atoms. The molecule has 0 aliphatic heterocycles. The molecule has 0 unspecified atom stereocenters. The van der Waals surface area contributed by atoms with Crippen LogP contribution in [0.4, 0.5) is 0 Å². The molecule has 0 fully saturated rings. The molecule has 2 heterocycles. The van der Waals surface area contributed by atoms with Gasteiger partial charge < -0.3 is 5.11 Å². The summed E-state index contributed by atoms with van der Waals surface area (Å²) in [5.74, 6) is 0. The van der Waals surface area contributed by atoms with E-state index in [0.29, 0.717) is 6.42 Å². The van der Waals surface area contributed by atoms with E-state index in [1.807, 2.05) is 11.6 Å². The van der Waals surface area contributed by atoms with Gasteiger partial charge in [0.1, 0.15) is 0 Å². The summed E-state index contributed by atoms with van der Waals surface area (Å²) in [6.07, 6.45) is 2.44. The van der Waals surface area contributed by atoms with Crippen LogP contribution < -0.4 is 0 Å². The third-order valence-electron chi connectivity index (χ3n) is 1.88. The Hall–Kier alpha value is -1.20. The van der Waals surface area contributed by atoms with Crippen LogP contribution in [0.2, 0.25) is 0 Å². The van der Waals surface area contributed by atoms with Gasteiger partial charge in [0.25, 0.3) is 0 Å². The highest BCUT2D eigenvalue weighted by molar-refractivity contribution is 7.07. The molecule has 0 aliphatic rings. The van der Waals surface area contributed by atoms with E-state index in [2.05, 4.69) is 21.8 Å². The monoisotopic (exact) mass is 209 g/mol. The first kappa shape index (κ1) is 9.36. The van der Waals surface area contributed by atoms with Gasteiger partial charge in [-0.25, -0.2) is 4.68 Å². The van der Waals surface area contributed by atoms with Crippen molar-refractivity contribution in [2.45, 2.75) is 13.0 Å². The molecule has 0 atom stereocenters. The standard InChI is InChI=1S/C9H11N3OS/c13-3-1-9-6-12(11-10-9)5-8-2-4-14-7-8/h2,4,6-7,13H,1,3,5H2. The van der Waals surface area contributed by atoms with Crippen LogP contribution in [-0.4, -0.2) is 26.7 Å². The van der Waals surface area contributed by atoms with Gasteiger partial charge in [0.05, 0.1) is 12.2 Å². The first-order valence-electron chi connectivity index (χ1n) is 4.39. The van der Waals surface area contributed by atoms with E-state index < -0.39 is 0 Å². The molecule has 2 rings (SSSR count). The van der Waals surface area contributed by atoms with Crippen LogP contribution in [0, 0.1) is 0 Å².